The van der Waals surface area contributed by atoms with Gasteiger partial charge in [0.25, 0.3) is 0 Å². The third kappa shape index (κ3) is 5.31. The van der Waals surface area contributed by atoms with Crippen LogP contribution in [0, 0.1) is 0 Å². The van der Waals surface area contributed by atoms with Crippen LogP contribution in [-0.2, 0) is 4.79 Å². The van der Waals surface area contributed by atoms with Gasteiger partial charge >= 0.3 is 0 Å². The van der Waals surface area contributed by atoms with Crippen molar-refractivity contribution in [3.8, 4) is 5.75 Å². The molecule has 0 aliphatic rings. The largest absolute Gasteiger partial charge is 0.491 e. The summed E-state index contributed by atoms with van der Waals surface area (Å²) in [6.45, 7) is 3.92. The lowest BCUT2D eigenvalue weighted by atomic mass is 10.2. The Kier molecular flexibility index (Phi) is 6.08. The van der Waals surface area contributed by atoms with Gasteiger partial charge in [-0.15, -0.1) is 0 Å². The number of rotatable bonds is 5. The molecule has 0 radical (unpaired) electrons. The Labute approximate surface area is 145 Å². The molecule has 2 rings (SSSR count). The number of benzene rings is 2. The van der Waals surface area contributed by atoms with E-state index in [1.807, 2.05) is 26.0 Å². The van der Waals surface area contributed by atoms with Crippen molar-refractivity contribution in [2.45, 2.75) is 20.0 Å². The fraction of sp³-hybridized carbons (Fsp3) is 0.167. The Bertz CT molecular complexity index is 689. The summed E-state index contributed by atoms with van der Waals surface area (Å²) in [7, 11) is 0. The second-order valence-electron chi connectivity index (χ2n) is 5.15. The van der Waals surface area contributed by atoms with Crippen LogP contribution < -0.4 is 10.1 Å². The van der Waals surface area contributed by atoms with Crippen molar-refractivity contribution in [1.29, 1.82) is 0 Å². The number of nitrogens with one attached hydrogen (secondary N) is 1. The number of ether oxygens (including phenoxy) is 1. The zero-order valence-corrected chi connectivity index (χ0v) is 14.4. The Morgan fingerprint density at radius 2 is 1.70 bits per heavy atom. The number of halogens is 2. The van der Waals surface area contributed by atoms with Gasteiger partial charge in [0.2, 0.25) is 5.91 Å². The molecule has 0 atom stereocenters. The molecule has 0 saturated heterocycles. The van der Waals surface area contributed by atoms with E-state index in [-0.39, 0.29) is 12.0 Å². The molecule has 0 unspecified atom stereocenters. The van der Waals surface area contributed by atoms with Gasteiger partial charge in [0.1, 0.15) is 5.75 Å². The first kappa shape index (κ1) is 17.4. The molecule has 0 aliphatic heterocycles. The van der Waals surface area contributed by atoms with E-state index in [0.29, 0.717) is 21.3 Å². The monoisotopic (exact) mass is 349 g/mol. The van der Waals surface area contributed by atoms with Gasteiger partial charge in [-0.3, -0.25) is 4.79 Å². The number of hydrogen-bond acceptors (Lipinski definition) is 2. The zero-order valence-electron chi connectivity index (χ0n) is 12.8. The van der Waals surface area contributed by atoms with Crippen LogP contribution in [0.5, 0.6) is 5.75 Å². The lowest BCUT2D eigenvalue weighted by Crippen LogP contribution is -2.08. The van der Waals surface area contributed by atoms with Crippen molar-refractivity contribution in [3.63, 3.8) is 0 Å². The summed E-state index contributed by atoms with van der Waals surface area (Å²) in [4.78, 5) is 12.0. The molecule has 1 N–H and O–H groups in total. The number of amides is 1. The zero-order chi connectivity index (χ0) is 16.8. The van der Waals surface area contributed by atoms with E-state index in [1.165, 1.54) is 6.08 Å². The topological polar surface area (TPSA) is 38.3 Å². The molecule has 2 aromatic rings. The smallest absolute Gasteiger partial charge is 0.248 e. The van der Waals surface area contributed by atoms with Crippen LogP contribution >= 0.6 is 23.2 Å². The maximum atomic E-state index is 12.0. The van der Waals surface area contributed by atoms with E-state index in [4.69, 9.17) is 27.9 Å². The highest BCUT2D eigenvalue weighted by molar-refractivity contribution is 6.37. The van der Waals surface area contributed by atoms with E-state index in [1.54, 1.807) is 36.4 Å². The van der Waals surface area contributed by atoms with Gasteiger partial charge in [0, 0.05) is 27.4 Å². The van der Waals surface area contributed by atoms with Gasteiger partial charge in [0.15, 0.2) is 0 Å². The first-order chi connectivity index (χ1) is 11.0. The predicted octanol–water partition coefficient (Wildman–Crippen LogP) is 5.43. The van der Waals surface area contributed by atoms with Gasteiger partial charge in [-0.1, -0.05) is 29.3 Å². The van der Waals surface area contributed by atoms with E-state index in [2.05, 4.69) is 5.32 Å². The average molecular weight is 350 g/mol. The first-order valence-corrected chi connectivity index (χ1v) is 7.91. The molecular formula is C18H17Cl2NO2. The van der Waals surface area contributed by atoms with Gasteiger partial charge in [-0.2, -0.15) is 0 Å². The molecule has 2 aromatic carbocycles. The molecule has 0 spiro atoms. The highest BCUT2D eigenvalue weighted by Gasteiger charge is 2.04. The normalized spacial score (nSPS) is 11.0. The molecule has 23 heavy (non-hydrogen) atoms. The molecule has 5 heteroatoms. The van der Waals surface area contributed by atoms with Crippen LogP contribution in [0.4, 0.5) is 5.69 Å². The molecule has 0 heterocycles. The van der Waals surface area contributed by atoms with Crippen molar-refractivity contribution in [2.75, 3.05) is 5.32 Å². The van der Waals surface area contributed by atoms with E-state index >= 15 is 0 Å². The highest BCUT2D eigenvalue weighted by atomic mass is 35.5. The lowest BCUT2D eigenvalue weighted by molar-refractivity contribution is -0.111. The van der Waals surface area contributed by atoms with Crippen molar-refractivity contribution in [2.24, 2.45) is 0 Å². The Balaban J connectivity index is 2.00. The molecule has 120 valence electrons. The number of carbonyl (C=O) groups is 1. The third-order valence-corrected chi connectivity index (χ3v) is 3.55. The number of hydrogen-bond donors (Lipinski definition) is 1. The standard InChI is InChI=1S/C18H17Cl2NO2/c1-12(2)23-14-8-6-13(7-9-14)21-18(22)11-10-15-16(19)4-3-5-17(15)20/h3-12H,1-2H3,(H,21,22). The number of anilines is 1. The van der Waals surface area contributed by atoms with E-state index < -0.39 is 0 Å². The molecule has 0 aromatic heterocycles. The maximum absolute atomic E-state index is 12.0. The SMILES string of the molecule is CC(C)Oc1ccc(NC(=O)C=Cc2c(Cl)cccc2Cl)cc1. The molecular weight excluding hydrogens is 333 g/mol. The lowest BCUT2D eigenvalue weighted by Gasteiger charge is -2.10. The van der Waals surface area contributed by atoms with Crippen molar-refractivity contribution in [1.82, 2.24) is 0 Å². The quantitative estimate of drug-likeness (QED) is 0.730. The van der Waals surface area contributed by atoms with Crippen LogP contribution in [0.3, 0.4) is 0 Å². The minimum Gasteiger partial charge on any atom is -0.491 e. The summed E-state index contributed by atoms with van der Waals surface area (Å²) < 4.78 is 5.55. The highest BCUT2D eigenvalue weighted by Crippen LogP contribution is 2.25. The van der Waals surface area contributed by atoms with Gasteiger partial charge in [-0.05, 0) is 56.3 Å². The van der Waals surface area contributed by atoms with Crippen LogP contribution in [0.1, 0.15) is 19.4 Å². The Hall–Kier alpha value is -1.97. The van der Waals surface area contributed by atoms with Gasteiger partial charge in [0.05, 0.1) is 6.10 Å². The molecule has 1 amide bonds. The van der Waals surface area contributed by atoms with Crippen LogP contribution in [0.15, 0.2) is 48.5 Å². The summed E-state index contributed by atoms with van der Waals surface area (Å²) in [6, 6.07) is 12.4. The predicted molar refractivity (Wildman–Crippen MR) is 96.3 cm³/mol. The summed E-state index contributed by atoms with van der Waals surface area (Å²) in [6.07, 6.45) is 3.10. The van der Waals surface area contributed by atoms with Crippen molar-refractivity contribution in [3.05, 3.63) is 64.1 Å². The second kappa shape index (κ2) is 8.04. The molecule has 0 aliphatic carbocycles. The summed E-state index contributed by atoms with van der Waals surface area (Å²) in [5.74, 6) is 0.495. The molecule has 0 saturated carbocycles. The van der Waals surface area contributed by atoms with Gasteiger partial charge in [-0.25, -0.2) is 0 Å². The fourth-order valence-corrected chi connectivity index (χ4v) is 2.43. The molecule has 0 fully saturated rings. The average Bonchev–Trinajstić information content (AvgIpc) is 2.48. The van der Waals surface area contributed by atoms with Crippen LogP contribution in [-0.4, -0.2) is 12.0 Å². The minimum atomic E-state index is -0.265. The van der Waals surface area contributed by atoms with E-state index in [9.17, 15) is 4.79 Å². The molecule has 0 bridgehead atoms. The first-order valence-electron chi connectivity index (χ1n) is 7.15. The summed E-state index contributed by atoms with van der Waals surface area (Å²) in [5, 5.41) is 3.76. The van der Waals surface area contributed by atoms with Crippen molar-refractivity contribution < 1.29 is 9.53 Å². The van der Waals surface area contributed by atoms with Crippen molar-refractivity contribution >= 4 is 40.9 Å². The van der Waals surface area contributed by atoms with E-state index in [0.717, 1.165) is 5.75 Å². The second-order valence-corrected chi connectivity index (χ2v) is 5.96. The van der Waals surface area contributed by atoms with Crippen LogP contribution in [0.2, 0.25) is 10.0 Å². The summed E-state index contributed by atoms with van der Waals surface area (Å²) in [5.41, 5.74) is 1.30. The number of carbonyl (C=O) groups excluding carboxylic acids is 1. The Morgan fingerprint density at radius 1 is 1.09 bits per heavy atom. The van der Waals surface area contributed by atoms with Crippen LogP contribution in [0.25, 0.3) is 6.08 Å². The third-order valence-electron chi connectivity index (χ3n) is 2.89. The summed E-state index contributed by atoms with van der Waals surface area (Å²) >= 11 is 12.1. The minimum absolute atomic E-state index is 0.110. The maximum Gasteiger partial charge on any atom is 0.248 e. The van der Waals surface area contributed by atoms with Gasteiger partial charge < -0.3 is 10.1 Å². The Morgan fingerprint density at radius 3 is 2.26 bits per heavy atom. The fourth-order valence-electron chi connectivity index (χ4n) is 1.90. The molecule has 3 nitrogen and oxygen atoms in total.